The van der Waals surface area contributed by atoms with Gasteiger partial charge >= 0.3 is 6.18 Å². The van der Waals surface area contributed by atoms with E-state index in [9.17, 15) is 18.0 Å². The smallest absolute Gasteiger partial charge is 0.378 e. The first-order chi connectivity index (χ1) is 8.38. The molecule has 1 aliphatic rings. The molecule has 0 bridgehead atoms. The number of ether oxygens (including phenoxy) is 1. The van der Waals surface area contributed by atoms with Crippen LogP contribution in [0, 0.1) is 5.92 Å². The van der Waals surface area contributed by atoms with Crippen LogP contribution in [0.1, 0.15) is 29.3 Å². The molecule has 0 saturated carbocycles. The molecule has 5 heteroatoms. The average Bonchev–Trinajstić information content (AvgIpc) is 2.74. The highest BCUT2D eigenvalue weighted by molar-refractivity contribution is 5.98. The maximum atomic E-state index is 12.4. The second-order valence-corrected chi connectivity index (χ2v) is 4.52. The van der Waals surface area contributed by atoms with Gasteiger partial charge in [-0.1, -0.05) is 12.1 Å². The highest BCUT2D eigenvalue weighted by atomic mass is 19.4. The molecule has 1 aromatic rings. The maximum Gasteiger partial charge on any atom is 0.416 e. The lowest BCUT2D eigenvalue weighted by molar-refractivity contribution is -0.137. The van der Waals surface area contributed by atoms with E-state index in [0.29, 0.717) is 18.6 Å². The Morgan fingerprint density at radius 2 is 1.89 bits per heavy atom. The molecule has 1 aliphatic heterocycles. The van der Waals surface area contributed by atoms with E-state index in [-0.39, 0.29) is 17.8 Å². The van der Waals surface area contributed by atoms with Crippen molar-refractivity contribution in [2.24, 2.45) is 5.92 Å². The molecule has 18 heavy (non-hydrogen) atoms. The molecule has 98 valence electrons. The predicted molar refractivity (Wildman–Crippen MR) is 59.3 cm³/mol. The Hall–Kier alpha value is -1.36. The minimum atomic E-state index is -4.37. The molecule has 2 rings (SSSR count). The van der Waals surface area contributed by atoms with Gasteiger partial charge in [-0.05, 0) is 25.5 Å². The van der Waals surface area contributed by atoms with Gasteiger partial charge in [0.2, 0.25) is 0 Å². The van der Waals surface area contributed by atoms with Gasteiger partial charge in [0.1, 0.15) is 0 Å². The van der Waals surface area contributed by atoms with Crippen LogP contribution in [0.5, 0.6) is 0 Å². The Morgan fingerprint density at radius 3 is 2.33 bits per heavy atom. The van der Waals surface area contributed by atoms with Gasteiger partial charge in [0.25, 0.3) is 0 Å². The normalized spacial score (nSPS) is 24.2. The van der Waals surface area contributed by atoms with Crippen molar-refractivity contribution in [1.29, 1.82) is 0 Å². The fraction of sp³-hybridized carbons (Fsp3) is 0.462. The molecule has 0 spiro atoms. The van der Waals surface area contributed by atoms with Crippen molar-refractivity contribution < 1.29 is 22.7 Å². The van der Waals surface area contributed by atoms with Crippen molar-refractivity contribution in [3.05, 3.63) is 35.4 Å². The molecular formula is C13H13F3O2. The molecule has 2 unspecified atom stereocenters. The maximum absolute atomic E-state index is 12.4. The van der Waals surface area contributed by atoms with Crippen LogP contribution < -0.4 is 0 Å². The lowest BCUT2D eigenvalue weighted by Gasteiger charge is -2.09. The minimum absolute atomic E-state index is 0.0356. The molecule has 1 fully saturated rings. The summed E-state index contributed by atoms with van der Waals surface area (Å²) in [5, 5.41) is 0. The monoisotopic (exact) mass is 258 g/mol. The minimum Gasteiger partial charge on any atom is -0.378 e. The van der Waals surface area contributed by atoms with E-state index in [4.69, 9.17) is 4.74 Å². The first kappa shape index (κ1) is 13.1. The standard InChI is InChI=1S/C13H13F3O2/c1-8-6-10(7-18-8)12(17)9-2-4-11(5-3-9)13(14,15)16/h2-5,8,10H,6-7H2,1H3. The largest absolute Gasteiger partial charge is 0.416 e. The van der Waals surface area contributed by atoms with Crippen LogP contribution in [0.2, 0.25) is 0 Å². The lowest BCUT2D eigenvalue weighted by atomic mass is 9.95. The number of carbonyl (C=O) groups excluding carboxylic acids is 1. The van der Waals surface area contributed by atoms with Crippen molar-refractivity contribution >= 4 is 5.78 Å². The highest BCUT2D eigenvalue weighted by Crippen LogP contribution is 2.30. The first-order valence-electron chi connectivity index (χ1n) is 5.71. The van der Waals surface area contributed by atoms with Crippen LogP contribution in [0.3, 0.4) is 0 Å². The quantitative estimate of drug-likeness (QED) is 0.761. The molecule has 1 heterocycles. The summed E-state index contributed by atoms with van der Waals surface area (Å²) in [7, 11) is 0. The van der Waals surface area contributed by atoms with Gasteiger partial charge < -0.3 is 4.74 Å². The number of benzene rings is 1. The number of Topliss-reactive ketones (excluding diaryl/α,β-unsaturated/α-hetero) is 1. The second kappa shape index (κ2) is 4.72. The van der Waals surface area contributed by atoms with Gasteiger partial charge in [-0.2, -0.15) is 13.2 Å². The summed E-state index contributed by atoms with van der Waals surface area (Å²) in [4.78, 5) is 12.0. The van der Waals surface area contributed by atoms with Crippen molar-refractivity contribution in [3.8, 4) is 0 Å². The molecule has 2 nitrogen and oxygen atoms in total. The number of carbonyl (C=O) groups is 1. The molecule has 1 saturated heterocycles. The predicted octanol–water partition coefficient (Wildman–Crippen LogP) is 3.31. The fourth-order valence-corrected chi connectivity index (χ4v) is 2.06. The van der Waals surface area contributed by atoms with Gasteiger partial charge in [-0.25, -0.2) is 0 Å². The number of hydrogen-bond acceptors (Lipinski definition) is 2. The summed E-state index contributed by atoms with van der Waals surface area (Å²) in [6.07, 6.45) is -3.71. The molecule has 0 aromatic heterocycles. The van der Waals surface area contributed by atoms with E-state index in [1.807, 2.05) is 6.92 Å². The SMILES string of the molecule is CC1CC(C(=O)c2ccc(C(F)(F)F)cc2)CO1. The van der Waals surface area contributed by atoms with Gasteiger partial charge in [-0.3, -0.25) is 4.79 Å². The van der Waals surface area contributed by atoms with Crippen molar-refractivity contribution in [2.75, 3.05) is 6.61 Å². The Kier molecular flexibility index (Phi) is 3.43. The molecular weight excluding hydrogens is 245 g/mol. The number of hydrogen-bond donors (Lipinski definition) is 0. The Labute approximate surface area is 103 Å². The summed E-state index contributed by atoms with van der Waals surface area (Å²) in [6.45, 7) is 2.22. The molecule has 0 N–H and O–H groups in total. The zero-order valence-electron chi connectivity index (χ0n) is 9.83. The molecule has 2 atom stereocenters. The van der Waals surface area contributed by atoms with Gasteiger partial charge in [0.15, 0.2) is 5.78 Å². The third kappa shape index (κ3) is 2.72. The Bertz CT molecular complexity index is 437. The summed E-state index contributed by atoms with van der Waals surface area (Å²) in [6, 6.07) is 4.33. The number of alkyl halides is 3. The second-order valence-electron chi connectivity index (χ2n) is 4.52. The molecule has 0 radical (unpaired) electrons. The molecule has 1 aromatic carbocycles. The zero-order valence-corrected chi connectivity index (χ0v) is 9.83. The average molecular weight is 258 g/mol. The lowest BCUT2D eigenvalue weighted by Crippen LogP contribution is -2.15. The Balaban J connectivity index is 2.12. The summed E-state index contributed by atoms with van der Waals surface area (Å²) in [5.74, 6) is -0.384. The van der Waals surface area contributed by atoms with Crippen molar-refractivity contribution in [3.63, 3.8) is 0 Å². The van der Waals surface area contributed by atoms with Gasteiger partial charge in [0, 0.05) is 11.5 Å². The number of ketones is 1. The van der Waals surface area contributed by atoms with Crippen LogP contribution in [-0.4, -0.2) is 18.5 Å². The van der Waals surface area contributed by atoms with E-state index >= 15 is 0 Å². The van der Waals surface area contributed by atoms with E-state index in [1.54, 1.807) is 0 Å². The summed E-state index contributed by atoms with van der Waals surface area (Å²) < 4.78 is 42.4. The number of halogens is 3. The number of rotatable bonds is 2. The molecule has 0 amide bonds. The van der Waals surface area contributed by atoms with E-state index in [1.165, 1.54) is 12.1 Å². The topological polar surface area (TPSA) is 26.3 Å². The van der Waals surface area contributed by atoms with Crippen molar-refractivity contribution in [1.82, 2.24) is 0 Å². The Morgan fingerprint density at radius 1 is 1.28 bits per heavy atom. The summed E-state index contributed by atoms with van der Waals surface area (Å²) in [5.41, 5.74) is -0.430. The summed E-state index contributed by atoms with van der Waals surface area (Å²) >= 11 is 0. The van der Waals surface area contributed by atoms with Crippen LogP contribution in [0.25, 0.3) is 0 Å². The first-order valence-corrected chi connectivity index (χ1v) is 5.71. The fourth-order valence-electron chi connectivity index (χ4n) is 2.06. The van der Waals surface area contributed by atoms with E-state index in [2.05, 4.69) is 0 Å². The van der Waals surface area contributed by atoms with Crippen LogP contribution >= 0.6 is 0 Å². The highest BCUT2D eigenvalue weighted by Gasteiger charge is 2.32. The van der Waals surface area contributed by atoms with E-state index in [0.717, 1.165) is 12.1 Å². The van der Waals surface area contributed by atoms with Gasteiger partial charge in [-0.15, -0.1) is 0 Å². The zero-order chi connectivity index (χ0) is 13.3. The van der Waals surface area contributed by atoms with Crippen molar-refractivity contribution in [2.45, 2.75) is 25.6 Å². The third-order valence-corrected chi connectivity index (χ3v) is 3.07. The third-order valence-electron chi connectivity index (χ3n) is 3.07. The van der Waals surface area contributed by atoms with E-state index < -0.39 is 11.7 Å². The molecule has 0 aliphatic carbocycles. The van der Waals surface area contributed by atoms with Gasteiger partial charge in [0.05, 0.1) is 18.3 Å². The van der Waals surface area contributed by atoms with Crippen LogP contribution in [0.4, 0.5) is 13.2 Å². The van der Waals surface area contributed by atoms with Crippen LogP contribution in [0.15, 0.2) is 24.3 Å². The van der Waals surface area contributed by atoms with Crippen LogP contribution in [-0.2, 0) is 10.9 Å².